The number of benzene rings is 1. The molecule has 0 aromatic heterocycles. The van der Waals surface area contributed by atoms with Crippen LogP contribution in [0.1, 0.15) is 31.4 Å². The van der Waals surface area contributed by atoms with E-state index < -0.39 is 0 Å². The van der Waals surface area contributed by atoms with Crippen LogP contribution in [-0.2, 0) is 17.9 Å². The summed E-state index contributed by atoms with van der Waals surface area (Å²) in [7, 11) is 1.70. The fourth-order valence-corrected chi connectivity index (χ4v) is 2.05. The molecule has 0 amide bonds. The quantitative estimate of drug-likeness (QED) is 0.745. The number of hydrogen-bond donors (Lipinski definition) is 2. The van der Waals surface area contributed by atoms with Crippen LogP contribution < -0.4 is 5.32 Å². The topological polar surface area (TPSA) is 41.5 Å². The van der Waals surface area contributed by atoms with Crippen LogP contribution in [0, 0.1) is 5.92 Å². The van der Waals surface area contributed by atoms with E-state index in [1.54, 1.807) is 7.11 Å². The second kappa shape index (κ2) is 8.25. The Morgan fingerprint density at radius 2 is 2.00 bits per heavy atom. The van der Waals surface area contributed by atoms with Crippen molar-refractivity contribution in [3.63, 3.8) is 0 Å². The highest BCUT2D eigenvalue weighted by molar-refractivity contribution is 5.22. The smallest absolute Gasteiger partial charge is 0.0713 e. The van der Waals surface area contributed by atoms with Gasteiger partial charge in [-0.2, -0.15) is 0 Å². The maximum atomic E-state index is 9.31. The third-order valence-electron chi connectivity index (χ3n) is 2.87. The first-order valence-corrected chi connectivity index (χ1v) is 6.56. The number of rotatable bonds is 8. The molecule has 1 unspecified atom stereocenters. The van der Waals surface area contributed by atoms with E-state index in [0.717, 1.165) is 13.0 Å². The molecule has 0 heterocycles. The molecular weight excluding hydrogens is 226 g/mol. The molecule has 0 radical (unpaired) electrons. The number of ether oxygens (including phenoxy) is 1. The van der Waals surface area contributed by atoms with Crippen molar-refractivity contribution >= 4 is 0 Å². The Morgan fingerprint density at radius 1 is 1.28 bits per heavy atom. The molecule has 0 spiro atoms. The van der Waals surface area contributed by atoms with E-state index in [2.05, 4.69) is 37.4 Å². The minimum Gasteiger partial charge on any atom is -0.395 e. The Labute approximate surface area is 110 Å². The molecule has 102 valence electrons. The summed E-state index contributed by atoms with van der Waals surface area (Å²) in [5.74, 6) is 0.592. The van der Waals surface area contributed by atoms with E-state index in [1.807, 2.05) is 6.07 Å². The molecule has 1 aromatic carbocycles. The maximum Gasteiger partial charge on any atom is 0.0713 e. The lowest BCUT2D eigenvalue weighted by molar-refractivity contribution is 0.185. The number of hydrogen-bond acceptors (Lipinski definition) is 3. The third-order valence-corrected chi connectivity index (χ3v) is 2.87. The monoisotopic (exact) mass is 251 g/mol. The van der Waals surface area contributed by atoms with E-state index >= 15 is 0 Å². The summed E-state index contributed by atoms with van der Waals surface area (Å²) in [5, 5.41) is 12.7. The van der Waals surface area contributed by atoms with Crippen molar-refractivity contribution in [3.8, 4) is 0 Å². The van der Waals surface area contributed by atoms with Crippen molar-refractivity contribution in [2.45, 2.75) is 39.5 Å². The molecule has 3 nitrogen and oxygen atoms in total. The Bertz CT molecular complexity index is 339. The molecule has 0 aliphatic carbocycles. The molecule has 1 aromatic rings. The van der Waals surface area contributed by atoms with Crippen LogP contribution in [0.2, 0.25) is 0 Å². The van der Waals surface area contributed by atoms with Gasteiger partial charge in [0.2, 0.25) is 0 Å². The van der Waals surface area contributed by atoms with Crippen LogP contribution in [0.15, 0.2) is 24.3 Å². The second-order valence-corrected chi connectivity index (χ2v) is 5.14. The Morgan fingerprint density at radius 3 is 2.61 bits per heavy atom. The number of aliphatic hydroxyl groups excluding tert-OH is 1. The van der Waals surface area contributed by atoms with Gasteiger partial charge >= 0.3 is 0 Å². The predicted molar refractivity (Wildman–Crippen MR) is 74.3 cm³/mol. The lowest BCUT2D eigenvalue weighted by Crippen LogP contribution is -2.33. The van der Waals surface area contributed by atoms with Crippen molar-refractivity contribution in [1.29, 1.82) is 0 Å². The van der Waals surface area contributed by atoms with E-state index in [9.17, 15) is 5.11 Å². The van der Waals surface area contributed by atoms with Gasteiger partial charge < -0.3 is 15.2 Å². The molecule has 0 bridgehead atoms. The van der Waals surface area contributed by atoms with Gasteiger partial charge in [-0.25, -0.2) is 0 Å². The molecule has 0 saturated heterocycles. The zero-order valence-electron chi connectivity index (χ0n) is 11.6. The van der Waals surface area contributed by atoms with Crippen LogP contribution in [0.3, 0.4) is 0 Å². The van der Waals surface area contributed by atoms with Crippen LogP contribution in [0.25, 0.3) is 0 Å². The van der Waals surface area contributed by atoms with Gasteiger partial charge in [0.25, 0.3) is 0 Å². The van der Waals surface area contributed by atoms with Gasteiger partial charge in [0, 0.05) is 19.7 Å². The highest BCUT2D eigenvalue weighted by Crippen LogP contribution is 2.08. The summed E-state index contributed by atoms with van der Waals surface area (Å²) in [4.78, 5) is 0. The molecule has 0 aliphatic heterocycles. The standard InChI is InChI=1S/C15H25NO2/c1-12(2)7-15(10-17)16-9-13-5-4-6-14(8-13)11-18-3/h4-6,8,12,15-17H,7,9-11H2,1-3H3. The molecule has 3 heteroatoms. The highest BCUT2D eigenvalue weighted by atomic mass is 16.5. The fraction of sp³-hybridized carbons (Fsp3) is 0.600. The van der Waals surface area contributed by atoms with E-state index in [0.29, 0.717) is 12.5 Å². The minimum absolute atomic E-state index is 0.177. The molecule has 2 N–H and O–H groups in total. The maximum absolute atomic E-state index is 9.31. The van der Waals surface area contributed by atoms with Crippen LogP contribution >= 0.6 is 0 Å². The SMILES string of the molecule is COCc1cccc(CNC(CO)CC(C)C)c1. The van der Waals surface area contributed by atoms with Crippen molar-refractivity contribution in [2.24, 2.45) is 5.92 Å². The van der Waals surface area contributed by atoms with E-state index in [4.69, 9.17) is 4.74 Å². The average Bonchev–Trinajstić information content (AvgIpc) is 2.35. The highest BCUT2D eigenvalue weighted by Gasteiger charge is 2.08. The first kappa shape index (κ1) is 15.2. The Hall–Kier alpha value is -0.900. The van der Waals surface area contributed by atoms with Gasteiger partial charge in [-0.15, -0.1) is 0 Å². The average molecular weight is 251 g/mol. The molecule has 1 rings (SSSR count). The Kier molecular flexibility index (Phi) is 6.94. The van der Waals surface area contributed by atoms with Crippen molar-refractivity contribution in [3.05, 3.63) is 35.4 Å². The molecule has 0 saturated carbocycles. The summed E-state index contributed by atoms with van der Waals surface area (Å²) in [5.41, 5.74) is 2.41. The number of aliphatic hydroxyl groups is 1. The second-order valence-electron chi connectivity index (χ2n) is 5.14. The lowest BCUT2D eigenvalue weighted by atomic mass is 10.0. The van der Waals surface area contributed by atoms with Gasteiger partial charge in [-0.05, 0) is 23.5 Å². The van der Waals surface area contributed by atoms with Gasteiger partial charge in [-0.1, -0.05) is 38.1 Å². The summed E-state index contributed by atoms with van der Waals surface area (Å²) < 4.78 is 5.12. The summed E-state index contributed by atoms with van der Waals surface area (Å²) in [6.07, 6.45) is 0.994. The Balaban J connectivity index is 2.48. The van der Waals surface area contributed by atoms with Gasteiger partial charge in [0.1, 0.15) is 0 Å². The summed E-state index contributed by atoms with van der Waals surface area (Å²) in [6, 6.07) is 8.51. The van der Waals surface area contributed by atoms with Gasteiger partial charge in [-0.3, -0.25) is 0 Å². The van der Waals surface area contributed by atoms with Crippen molar-refractivity contribution < 1.29 is 9.84 Å². The molecular formula is C15H25NO2. The third kappa shape index (κ3) is 5.63. The molecule has 1 atom stereocenters. The van der Waals surface area contributed by atoms with E-state index in [-0.39, 0.29) is 12.6 Å². The minimum atomic E-state index is 0.177. The first-order valence-electron chi connectivity index (χ1n) is 6.56. The van der Waals surface area contributed by atoms with Crippen molar-refractivity contribution in [1.82, 2.24) is 5.32 Å². The summed E-state index contributed by atoms with van der Waals surface area (Å²) >= 11 is 0. The first-order chi connectivity index (χ1) is 8.65. The number of methoxy groups -OCH3 is 1. The normalized spacial score (nSPS) is 12.9. The number of nitrogens with one attached hydrogen (secondary N) is 1. The van der Waals surface area contributed by atoms with Crippen molar-refractivity contribution in [2.75, 3.05) is 13.7 Å². The zero-order chi connectivity index (χ0) is 13.4. The van der Waals surface area contributed by atoms with Crippen LogP contribution in [-0.4, -0.2) is 24.9 Å². The van der Waals surface area contributed by atoms with Crippen LogP contribution in [0.5, 0.6) is 0 Å². The summed E-state index contributed by atoms with van der Waals surface area (Å²) in [6.45, 7) is 5.96. The molecule has 0 aliphatic rings. The molecule has 18 heavy (non-hydrogen) atoms. The van der Waals surface area contributed by atoms with E-state index in [1.165, 1.54) is 11.1 Å². The lowest BCUT2D eigenvalue weighted by Gasteiger charge is -2.18. The fourth-order valence-electron chi connectivity index (χ4n) is 2.05. The predicted octanol–water partition coefficient (Wildman–Crippen LogP) is 2.33. The van der Waals surface area contributed by atoms with Crippen LogP contribution in [0.4, 0.5) is 0 Å². The van der Waals surface area contributed by atoms with Gasteiger partial charge in [0.15, 0.2) is 0 Å². The largest absolute Gasteiger partial charge is 0.395 e. The van der Waals surface area contributed by atoms with Gasteiger partial charge in [0.05, 0.1) is 13.2 Å². The molecule has 0 fully saturated rings. The zero-order valence-corrected chi connectivity index (χ0v) is 11.6.